The predicted octanol–water partition coefficient (Wildman–Crippen LogP) is 2.89. The molecule has 0 bridgehead atoms. The lowest BCUT2D eigenvalue weighted by atomic mass is 10.0. The molecule has 1 aromatic rings. The van der Waals surface area contributed by atoms with Crippen molar-refractivity contribution in [2.75, 3.05) is 0 Å². The molecule has 1 rings (SSSR count). The molecule has 0 aromatic carbocycles. The summed E-state index contributed by atoms with van der Waals surface area (Å²) in [5.74, 6) is -0.280. The molecule has 0 fully saturated rings. The highest BCUT2D eigenvalue weighted by Crippen LogP contribution is 2.12. The van der Waals surface area contributed by atoms with E-state index in [-0.39, 0.29) is 5.76 Å². The lowest BCUT2D eigenvalue weighted by Crippen LogP contribution is -2.26. The van der Waals surface area contributed by atoms with Crippen LogP contribution in [0.4, 0.5) is 0 Å². The summed E-state index contributed by atoms with van der Waals surface area (Å²) >= 11 is 0. The maximum Gasteiger partial charge on any atom is 0.372 e. The zero-order valence-corrected chi connectivity index (χ0v) is 10.7. The molecule has 0 saturated carbocycles. The van der Waals surface area contributed by atoms with E-state index in [0.29, 0.717) is 24.1 Å². The second-order valence-corrected chi connectivity index (χ2v) is 4.83. The van der Waals surface area contributed by atoms with Gasteiger partial charge in [-0.1, -0.05) is 13.8 Å². The van der Waals surface area contributed by atoms with Gasteiger partial charge in [0, 0.05) is 18.2 Å². The quantitative estimate of drug-likeness (QED) is 0.768. The van der Waals surface area contributed by atoms with E-state index in [1.807, 2.05) is 0 Å². The third-order valence-corrected chi connectivity index (χ3v) is 2.76. The van der Waals surface area contributed by atoms with Gasteiger partial charge in [0.1, 0.15) is 0 Å². The summed E-state index contributed by atoms with van der Waals surface area (Å²) in [6.07, 6.45) is 3.68. The standard InChI is InChI=1S/C13H21NO3/c1-9(2)4-5-10(3)14-8-11-6-7-17-12(11)13(15)16/h6-7,9-10,14H,4-5,8H2,1-3H3,(H,15,16). The molecule has 96 valence electrons. The summed E-state index contributed by atoms with van der Waals surface area (Å²) in [4.78, 5) is 10.8. The molecule has 0 radical (unpaired) electrons. The van der Waals surface area contributed by atoms with Crippen molar-refractivity contribution in [3.8, 4) is 0 Å². The molecule has 2 N–H and O–H groups in total. The van der Waals surface area contributed by atoms with Gasteiger partial charge in [0.25, 0.3) is 0 Å². The van der Waals surface area contributed by atoms with Crippen LogP contribution in [-0.4, -0.2) is 17.1 Å². The van der Waals surface area contributed by atoms with Gasteiger partial charge < -0.3 is 14.8 Å². The summed E-state index contributed by atoms with van der Waals surface area (Å²) in [5.41, 5.74) is 0.703. The van der Waals surface area contributed by atoms with Crippen LogP contribution < -0.4 is 5.32 Å². The van der Waals surface area contributed by atoms with E-state index < -0.39 is 5.97 Å². The van der Waals surface area contributed by atoms with Crippen molar-refractivity contribution in [2.24, 2.45) is 5.92 Å². The number of nitrogens with one attached hydrogen (secondary N) is 1. The predicted molar refractivity (Wildman–Crippen MR) is 66.0 cm³/mol. The Morgan fingerprint density at radius 2 is 2.12 bits per heavy atom. The van der Waals surface area contributed by atoms with Crippen LogP contribution in [0.2, 0.25) is 0 Å². The van der Waals surface area contributed by atoms with Gasteiger partial charge >= 0.3 is 5.97 Å². The first kappa shape index (κ1) is 13.8. The Hall–Kier alpha value is -1.29. The highest BCUT2D eigenvalue weighted by atomic mass is 16.4. The summed E-state index contributed by atoms with van der Waals surface area (Å²) in [7, 11) is 0. The zero-order valence-electron chi connectivity index (χ0n) is 10.7. The summed E-state index contributed by atoms with van der Waals surface area (Å²) in [6, 6.07) is 2.08. The molecule has 1 atom stereocenters. The van der Waals surface area contributed by atoms with Crippen molar-refractivity contribution < 1.29 is 14.3 Å². The normalized spacial score (nSPS) is 12.9. The van der Waals surface area contributed by atoms with Crippen LogP contribution in [0.3, 0.4) is 0 Å². The Kier molecular flexibility index (Phi) is 5.22. The lowest BCUT2D eigenvalue weighted by molar-refractivity contribution is 0.0660. The van der Waals surface area contributed by atoms with Crippen molar-refractivity contribution in [3.63, 3.8) is 0 Å². The van der Waals surface area contributed by atoms with Crippen molar-refractivity contribution in [1.29, 1.82) is 0 Å². The van der Waals surface area contributed by atoms with Gasteiger partial charge in [-0.2, -0.15) is 0 Å². The molecule has 17 heavy (non-hydrogen) atoms. The molecule has 4 nitrogen and oxygen atoms in total. The lowest BCUT2D eigenvalue weighted by Gasteiger charge is -2.14. The van der Waals surface area contributed by atoms with Crippen molar-refractivity contribution in [3.05, 3.63) is 23.7 Å². The molecular weight excluding hydrogens is 218 g/mol. The molecular formula is C13H21NO3. The first-order valence-electron chi connectivity index (χ1n) is 6.03. The minimum atomic E-state index is -1.01. The van der Waals surface area contributed by atoms with Crippen LogP contribution in [0.25, 0.3) is 0 Å². The fraction of sp³-hybridized carbons (Fsp3) is 0.615. The Morgan fingerprint density at radius 3 is 2.71 bits per heavy atom. The fourth-order valence-corrected chi connectivity index (χ4v) is 1.63. The summed E-state index contributed by atoms with van der Waals surface area (Å²) < 4.78 is 4.92. The SMILES string of the molecule is CC(C)CCC(C)NCc1ccoc1C(=O)O. The van der Waals surface area contributed by atoms with E-state index in [9.17, 15) is 4.79 Å². The second kappa shape index (κ2) is 6.45. The second-order valence-electron chi connectivity index (χ2n) is 4.83. The number of furan rings is 1. The van der Waals surface area contributed by atoms with Gasteiger partial charge in [-0.25, -0.2) is 4.79 Å². The van der Waals surface area contributed by atoms with Crippen molar-refractivity contribution >= 4 is 5.97 Å². The first-order valence-corrected chi connectivity index (χ1v) is 6.03. The van der Waals surface area contributed by atoms with Gasteiger partial charge in [0.2, 0.25) is 5.76 Å². The number of carboxylic acids is 1. The third-order valence-electron chi connectivity index (χ3n) is 2.76. The summed E-state index contributed by atoms with van der Waals surface area (Å²) in [6.45, 7) is 7.05. The van der Waals surface area contributed by atoms with Crippen LogP contribution in [0, 0.1) is 5.92 Å². The monoisotopic (exact) mass is 239 g/mol. The van der Waals surface area contributed by atoms with Gasteiger partial charge in [0.05, 0.1) is 6.26 Å². The minimum Gasteiger partial charge on any atom is -0.475 e. The zero-order chi connectivity index (χ0) is 12.8. The summed E-state index contributed by atoms with van der Waals surface area (Å²) in [5, 5.41) is 12.2. The third kappa shape index (κ3) is 4.61. The average Bonchev–Trinajstić information content (AvgIpc) is 2.71. The molecule has 0 aliphatic carbocycles. The van der Waals surface area contributed by atoms with Gasteiger partial charge in [-0.15, -0.1) is 0 Å². The Bertz CT molecular complexity index is 357. The number of carboxylic acid groups (broad SMARTS) is 1. The number of hydrogen-bond donors (Lipinski definition) is 2. The van der Waals surface area contributed by atoms with Crippen LogP contribution in [0.15, 0.2) is 16.7 Å². The van der Waals surface area contributed by atoms with E-state index in [2.05, 4.69) is 26.1 Å². The molecule has 0 saturated heterocycles. The van der Waals surface area contributed by atoms with Crippen LogP contribution in [0.5, 0.6) is 0 Å². The highest BCUT2D eigenvalue weighted by Gasteiger charge is 2.14. The van der Waals surface area contributed by atoms with Crippen LogP contribution in [-0.2, 0) is 6.54 Å². The molecule has 0 amide bonds. The maximum absolute atomic E-state index is 10.8. The molecule has 4 heteroatoms. The number of carbonyl (C=O) groups is 1. The van der Waals surface area contributed by atoms with E-state index in [0.717, 1.165) is 6.42 Å². The Balaban J connectivity index is 2.39. The number of rotatable bonds is 7. The topological polar surface area (TPSA) is 62.5 Å². The van der Waals surface area contributed by atoms with Crippen molar-refractivity contribution in [2.45, 2.75) is 46.2 Å². The van der Waals surface area contributed by atoms with Gasteiger partial charge in [0.15, 0.2) is 0 Å². The van der Waals surface area contributed by atoms with E-state index in [1.165, 1.54) is 12.7 Å². The Morgan fingerprint density at radius 1 is 1.41 bits per heavy atom. The highest BCUT2D eigenvalue weighted by molar-refractivity contribution is 5.86. The Labute approximate surface area is 102 Å². The largest absolute Gasteiger partial charge is 0.475 e. The van der Waals surface area contributed by atoms with E-state index in [4.69, 9.17) is 9.52 Å². The van der Waals surface area contributed by atoms with E-state index in [1.54, 1.807) is 6.07 Å². The first-order chi connectivity index (χ1) is 8.00. The van der Waals surface area contributed by atoms with Crippen LogP contribution in [0.1, 0.15) is 49.7 Å². The van der Waals surface area contributed by atoms with Crippen LogP contribution >= 0.6 is 0 Å². The molecule has 1 aromatic heterocycles. The molecule has 0 spiro atoms. The van der Waals surface area contributed by atoms with Gasteiger partial charge in [-0.3, -0.25) is 0 Å². The minimum absolute atomic E-state index is 0.0357. The molecule has 0 aliphatic rings. The van der Waals surface area contributed by atoms with E-state index >= 15 is 0 Å². The molecule has 0 aliphatic heterocycles. The smallest absolute Gasteiger partial charge is 0.372 e. The average molecular weight is 239 g/mol. The van der Waals surface area contributed by atoms with Gasteiger partial charge in [-0.05, 0) is 31.7 Å². The maximum atomic E-state index is 10.8. The number of aromatic carboxylic acids is 1. The molecule has 1 heterocycles. The fourth-order valence-electron chi connectivity index (χ4n) is 1.63. The molecule has 1 unspecified atom stereocenters. The number of hydrogen-bond acceptors (Lipinski definition) is 3. The van der Waals surface area contributed by atoms with Crippen molar-refractivity contribution in [1.82, 2.24) is 5.32 Å².